The van der Waals surface area contributed by atoms with Crippen LogP contribution in [-0.4, -0.2) is 37.5 Å². The predicted molar refractivity (Wildman–Crippen MR) is 142 cm³/mol. The molecule has 0 radical (unpaired) electrons. The van der Waals surface area contributed by atoms with Crippen LogP contribution in [0.15, 0.2) is 72.8 Å². The number of benzene rings is 3. The molecule has 3 aromatic carbocycles. The molecule has 4 rings (SSSR count). The SMILES string of the molecule is CCn1c(-c2ccc(NC(=O)NCCc3ccccc3)cc2)c(N)c2ccc(OCCOC)cc21. The van der Waals surface area contributed by atoms with E-state index in [1.165, 1.54) is 5.56 Å². The molecule has 4 N–H and O–H groups in total. The Morgan fingerprint density at radius 3 is 2.49 bits per heavy atom. The zero-order valence-electron chi connectivity index (χ0n) is 20.2. The van der Waals surface area contributed by atoms with Crippen molar-refractivity contribution in [3.63, 3.8) is 0 Å². The first-order valence-corrected chi connectivity index (χ1v) is 11.8. The average molecular weight is 473 g/mol. The Morgan fingerprint density at radius 1 is 1.00 bits per heavy atom. The molecule has 0 unspecified atom stereocenters. The van der Waals surface area contributed by atoms with E-state index < -0.39 is 0 Å². The van der Waals surface area contributed by atoms with Crippen molar-refractivity contribution in [3.05, 3.63) is 78.4 Å². The standard InChI is InChI=1S/C28H32N4O3/c1-3-32-25-19-23(35-18-17-34-2)13-14-24(25)26(29)27(32)21-9-11-22(12-10-21)31-28(33)30-16-15-20-7-5-4-6-8-20/h4-14,19H,3,15-18,29H2,1-2H3,(H2,30,31,33). The minimum Gasteiger partial charge on any atom is -0.491 e. The summed E-state index contributed by atoms with van der Waals surface area (Å²) in [6.45, 7) is 4.44. The molecule has 7 nitrogen and oxygen atoms in total. The van der Waals surface area contributed by atoms with Crippen molar-refractivity contribution >= 4 is 28.3 Å². The Kier molecular flexibility index (Phi) is 7.90. The summed E-state index contributed by atoms with van der Waals surface area (Å²) in [5.41, 5.74) is 12.2. The number of rotatable bonds is 10. The highest BCUT2D eigenvalue weighted by molar-refractivity contribution is 6.01. The van der Waals surface area contributed by atoms with Crippen LogP contribution < -0.4 is 21.1 Å². The first-order valence-electron chi connectivity index (χ1n) is 11.8. The van der Waals surface area contributed by atoms with Crippen molar-refractivity contribution in [1.82, 2.24) is 9.88 Å². The lowest BCUT2D eigenvalue weighted by atomic mass is 10.1. The Hall–Kier alpha value is -3.97. The maximum Gasteiger partial charge on any atom is 0.319 e. The van der Waals surface area contributed by atoms with Crippen LogP contribution in [0.4, 0.5) is 16.2 Å². The summed E-state index contributed by atoms with van der Waals surface area (Å²) in [6, 6.07) is 23.5. The van der Waals surface area contributed by atoms with E-state index in [1.807, 2.05) is 60.7 Å². The zero-order chi connectivity index (χ0) is 24.6. The van der Waals surface area contributed by atoms with Gasteiger partial charge in [0, 0.05) is 42.9 Å². The lowest BCUT2D eigenvalue weighted by molar-refractivity contribution is 0.146. The maximum absolute atomic E-state index is 12.3. The van der Waals surface area contributed by atoms with Crippen molar-refractivity contribution in [2.75, 3.05) is 37.9 Å². The van der Waals surface area contributed by atoms with Crippen LogP contribution in [0.25, 0.3) is 22.2 Å². The van der Waals surface area contributed by atoms with Gasteiger partial charge in [-0.2, -0.15) is 0 Å². The van der Waals surface area contributed by atoms with Crippen molar-refractivity contribution in [2.24, 2.45) is 0 Å². The molecule has 1 aromatic heterocycles. The third-order valence-corrected chi connectivity index (χ3v) is 5.91. The van der Waals surface area contributed by atoms with Gasteiger partial charge in [-0.25, -0.2) is 4.79 Å². The molecular formula is C28H32N4O3. The molecule has 0 aliphatic carbocycles. The number of aromatic nitrogens is 1. The van der Waals surface area contributed by atoms with E-state index in [-0.39, 0.29) is 6.03 Å². The molecule has 4 aromatic rings. The first kappa shape index (κ1) is 24.2. The number of hydrogen-bond acceptors (Lipinski definition) is 4. The van der Waals surface area contributed by atoms with Gasteiger partial charge in [-0.3, -0.25) is 0 Å². The van der Waals surface area contributed by atoms with Crippen molar-refractivity contribution in [1.29, 1.82) is 0 Å². The van der Waals surface area contributed by atoms with E-state index in [0.717, 1.165) is 52.3 Å². The lowest BCUT2D eigenvalue weighted by Crippen LogP contribution is -2.30. The number of nitrogens with one attached hydrogen (secondary N) is 2. The molecule has 0 spiro atoms. The number of hydrogen-bond donors (Lipinski definition) is 3. The van der Waals surface area contributed by atoms with Crippen LogP contribution in [0.1, 0.15) is 12.5 Å². The van der Waals surface area contributed by atoms with Crippen LogP contribution in [0.5, 0.6) is 5.75 Å². The summed E-state index contributed by atoms with van der Waals surface area (Å²) >= 11 is 0. The number of carbonyl (C=O) groups is 1. The van der Waals surface area contributed by atoms with Crippen LogP contribution in [0.3, 0.4) is 0 Å². The molecule has 182 valence electrons. The Labute approximate surface area is 205 Å². The third-order valence-electron chi connectivity index (χ3n) is 5.91. The second-order valence-corrected chi connectivity index (χ2v) is 8.22. The van der Waals surface area contributed by atoms with Gasteiger partial charge >= 0.3 is 6.03 Å². The third kappa shape index (κ3) is 5.75. The number of urea groups is 1. The topological polar surface area (TPSA) is 90.5 Å². The number of fused-ring (bicyclic) bond motifs is 1. The average Bonchev–Trinajstić information content (AvgIpc) is 3.16. The highest BCUT2D eigenvalue weighted by atomic mass is 16.5. The molecule has 0 saturated heterocycles. The fourth-order valence-corrected chi connectivity index (χ4v) is 4.18. The zero-order valence-corrected chi connectivity index (χ0v) is 20.2. The number of anilines is 2. The van der Waals surface area contributed by atoms with Crippen LogP contribution in [-0.2, 0) is 17.7 Å². The second kappa shape index (κ2) is 11.4. The summed E-state index contributed by atoms with van der Waals surface area (Å²) in [6.07, 6.45) is 0.785. The van der Waals surface area contributed by atoms with E-state index in [9.17, 15) is 4.79 Å². The highest BCUT2D eigenvalue weighted by Gasteiger charge is 2.17. The van der Waals surface area contributed by atoms with Gasteiger partial charge in [0.2, 0.25) is 0 Å². The van der Waals surface area contributed by atoms with Gasteiger partial charge in [0.1, 0.15) is 12.4 Å². The summed E-state index contributed by atoms with van der Waals surface area (Å²) in [7, 11) is 1.65. The lowest BCUT2D eigenvalue weighted by Gasteiger charge is -2.11. The summed E-state index contributed by atoms with van der Waals surface area (Å²) in [5, 5.41) is 6.78. The van der Waals surface area contributed by atoms with E-state index >= 15 is 0 Å². The number of methoxy groups -OCH3 is 1. The Morgan fingerprint density at radius 2 is 1.77 bits per heavy atom. The van der Waals surface area contributed by atoms with Gasteiger partial charge in [-0.1, -0.05) is 42.5 Å². The Balaban J connectivity index is 1.46. The van der Waals surface area contributed by atoms with E-state index in [2.05, 4.69) is 34.3 Å². The fraction of sp³-hybridized carbons (Fsp3) is 0.250. The number of amides is 2. The highest BCUT2D eigenvalue weighted by Crippen LogP contribution is 2.38. The summed E-state index contributed by atoms with van der Waals surface area (Å²) < 4.78 is 13.0. The van der Waals surface area contributed by atoms with E-state index in [1.54, 1.807) is 7.11 Å². The molecule has 35 heavy (non-hydrogen) atoms. The van der Waals surface area contributed by atoms with Crippen molar-refractivity contribution < 1.29 is 14.3 Å². The normalized spacial score (nSPS) is 10.9. The first-order chi connectivity index (χ1) is 17.1. The molecule has 0 atom stereocenters. The molecule has 1 heterocycles. The molecule has 0 saturated carbocycles. The van der Waals surface area contributed by atoms with E-state index in [4.69, 9.17) is 15.2 Å². The van der Waals surface area contributed by atoms with Gasteiger partial charge in [-0.05, 0) is 43.2 Å². The molecule has 0 aliphatic heterocycles. The van der Waals surface area contributed by atoms with Crippen molar-refractivity contribution in [3.8, 4) is 17.0 Å². The minimum absolute atomic E-state index is 0.225. The molecule has 0 fully saturated rings. The molecule has 7 heteroatoms. The van der Waals surface area contributed by atoms with Gasteiger partial charge < -0.3 is 30.4 Å². The van der Waals surface area contributed by atoms with Gasteiger partial charge in [0.05, 0.1) is 23.5 Å². The number of carbonyl (C=O) groups excluding carboxylic acids is 1. The molecule has 0 bridgehead atoms. The maximum atomic E-state index is 12.3. The summed E-state index contributed by atoms with van der Waals surface area (Å²) in [5.74, 6) is 0.783. The number of aryl methyl sites for hydroxylation is 1. The monoisotopic (exact) mass is 472 g/mol. The van der Waals surface area contributed by atoms with Gasteiger partial charge in [0.15, 0.2) is 0 Å². The fourth-order valence-electron chi connectivity index (χ4n) is 4.18. The van der Waals surface area contributed by atoms with Crippen LogP contribution in [0, 0.1) is 0 Å². The van der Waals surface area contributed by atoms with E-state index in [0.29, 0.717) is 19.8 Å². The number of nitrogens with two attached hydrogens (primary N) is 1. The molecule has 2 amide bonds. The van der Waals surface area contributed by atoms with Gasteiger partial charge in [-0.15, -0.1) is 0 Å². The van der Waals surface area contributed by atoms with Crippen molar-refractivity contribution in [2.45, 2.75) is 19.9 Å². The molecular weight excluding hydrogens is 440 g/mol. The number of ether oxygens (including phenoxy) is 2. The smallest absolute Gasteiger partial charge is 0.319 e. The van der Waals surface area contributed by atoms with Crippen LogP contribution >= 0.6 is 0 Å². The quantitative estimate of drug-likeness (QED) is 0.273. The minimum atomic E-state index is -0.225. The largest absolute Gasteiger partial charge is 0.491 e. The number of nitrogen functional groups attached to an aromatic ring is 1. The number of nitrogens with zero attached hydrogens (tertiary/aromatic N) is 1. The summed E-state index contributed by atoms with van der Waals surface area (Å²) in [4.78, 5) is 12.3. The predicted octanol–water partition coefficient (Wildman–Crippen LogP) is 5.30. The van der Waals surface area contributed by atoms with Crippen LogP contribution in [0.2, 0.25) is 0 Å². The Bertz CT molecular complexity index is 1270. The van der Waals surface area contributed by atoms with Gasteiger partial charge in [0.25, 0.3) is 0 Å². The molecule has 0 aliphatic rings. The second-order valence-electron chi connectivity index (χ2n) is 8.22.